The molecule has 0 bridgehead atoms. The molecule has 1 aliphatic heterocycles. The fraction of sp³-hybridized carbons (Fsp3) is 0.368. The number of sulfonamides is 1. The summed E-state index contributed by atoms with van der Waals surface area (Å²) in [7, 11) is 1.05. The molecule has 0 radical (unpaired) electrons. The Labute approximate surface area is 177 Å². The van der Waals surface area contributed by atoms with Gasteiger partial charge in [-0.2, -0.15) is 13.2 Å². The highest BCUT2D eigenvalue weighted by molar-refractivity contribution is 7.92. The Morgan fingerprint density at radius 1 is 1.23 bits per heavy atom. The predicted molar refractivity (Wildman–Crippen MR) is 107 cm³/mol. The van der Waals surface area contributed by atoms with Crippen molar-refractivity contribution in [1.82, 2.24) is 4.90 Å². The SMILES string of the molecule is COc1ccc(NS(=O)(=O)c2ccc(C(F)(F)F)cc2Cl)c2c1C[C@@H](N(C)C)CO2. The topological polar surface area (TPSA) is 67.9 Å². The molecule has 1 aliphatic rings. The van der Waals surface area contributed by atoms with Gasteiger partial charge in [0, 0.05) is 11.6 Å². The summed E-state index contributed by atoms with van der Waals surface area (Å²) in [6.45, 7) is 0.336. The molecule has 2 aromatic rings. The summed E-state index contributed by atoms with van der Waals surface area (Å²) >= 11 is 5.86. The van der Waals surface area contributed by atoms with Crippen LogP contribution < -0.4 is 14.2 Å². The highest BCUT2D eigenvalue weighted by Gasteiger charge is 2.33. The summed E-state index contributed by atoms with van der Waals surface area (Å²) in [6, 6.07) is 5.23. The number of nitrogens with zero attached hydrogens (tertiary/aromatic N) is 1. The van der Waals surface area contributed by atoms with Gasteiger partial charge in [0.1, 0.15) is 23.0 Å². The van der Waals surface area contributed by atoms with Crippen molar-refractivity contribution < 1.29 is 31.1 Å². The lowest BCUT2D eigenvalue weighted by atomic mass is 10.00. The molecule has 1 heterocycles. The smallest absolute Gasteiger partial charge is 0.416 e. The average molecular weight is 465 g/mol. The zero-order valence-electron chi connectivity index (χ0n) is 16.4. The van der Waals surface area contributed by atoms with Gasteiger partial charge in [-0.25, -0.2) is 8.42 Å². The van der Waals surface area contributed by atoms with Crippen LogP contribution in [-0.4, -0.2) is 47.2 Å². The molecule has 0 unspecified atom stereocenters. The molecular weight excluding hydrogens is 445 g/mol. The van der Waals surface area contributed by atoms with Crippen LogP contribution in [0.1, 0.15) is 11.1 Å². The number of nitrogens with one attached hydrogen (secondary N) is 1. The van der Waals surface area contributed by atoms with Crippen molar-refractivity contribution in [2.75, 3.05) is 32.5 Å². The van der Waals surface area contributed by atoms with Gasteiger partial charge in [0.15, 0.2) is 0 Å². The lowest BCUT2D eigenvalue weighted by Gasteiger charge is -2.32. The summed E-state index contributed by atoms with van der Waals surface area (Å²) in [5, 5.41) is -0.534. The minimum absolute atomic E-state index is 0.0719. The minimum Gasteiger partial charge on any atom is -0.496 e. The second-order valence-corrected chi connectivity index (χ2v) is 9.06. The zero-order valence-corrected chi connectivity index (χ0v) is 18.0. The first-order chi connectivity index (χ1) is 13.9. The molecule has 3 rings (SSSR count). The van der Waals surface area contributed by atoms with E-state index in [2.05, 4.69) is 4.72 Å². The van der Waals surface area contributed by atoms with Crippen LogP contribution >= 0.6 is 11.6 Å². The van der Waals surface area contributed by atoms with Gasteiger partial charge in [0.25, 0.3) is 10.0 Å². The standard InChI is InChI=1S/C19H20ClF3N2O4S/c1-25(2)12-9-13-16(28-3)6-5-15(18(13)29-10-12)24-30(26,27)17-7-4-11(8-14(17)20)19(21,22)23/h4-8,12,24H,9-10H2,1-3H3/t12-/m1/s1. The Bertz CT molecular complexity index is 1060. The number of anilines is 1. The van der Waals surface area contributed by atoms with Crippen molar-refractivity contribution in [3.05, 3.63) is 46.5 Å². The van der Waals surface area contributed by atoms with E-state index in [9.17, 15) is 21.6 Å². The highest BCUT2D eigenvalue weighted by Crippen LogP contribution is 2.41. The van der Waals surface area contributed by atoms with Crippen LogP contribution in [-0.2, 0) is 22.6 Å². The monoisotopic (exact) mass is 464 g/mol. The normalized spacial score (nSPS) is 16.7. The Morgan fingerprint density at radius 3 is 2.50 bits per heavy atom. The summed E-state index contributed by atoms with van der Waals surface area (Å²) in [5.74, 6) is 0.867. The van der Waals surface area contributed by atoms with Crippen molar-refractivity contribution in [2.45, 2.75) is 23.5 Å². The van der Waals surface area contributed by atoms with E-state index >= 15 is 0 Å². The molecule has 2 aromatic carbocycles. The number of benzene rings is 2. The third-order valence-electron chi connectivity index (χ3n) is 4.82. The number of alkyl halides is 3. The molecule has 1 N–H and O–H groups in total. The number of methoxy groups -OCH3 is 1. The van der Waals surface area contributed by atoms with E-state index in [-0.39, 0.29) is 11.7 Å². The second-order valence-electron chi connectivity index (χ2n) is 7.00. The van der Waals surface area contributed by atoms with Crippen LogP contribution in [0.15, 0.2) is 35.2 Å². The third kappa shape index (κ3) is 4.45. The number of halogens is 4. The summed E-state index contributed by atoms with van der Waals surface area (Å²) < 4.78 is 77.7. The van der Waals surface area contributed by atoms with Gasteiger partial charge < -0.3 is 14.4 Å². The molecular formula is C19H20ClF3N2O4S. The average Bonchev–Trinajstić information content (AvgIpc) is 2.66. The van der Waals surface area contributed by atoms with Gasteiger partial charge in [0.05, 0.1) is 23.4 Å². The van der Waals surface area contributed by atoms with Crippen LogP contribution in [0, 0.1) is 0 Å². The number of rotatable bonds is 5. The fourth-order valence-corrected chi connectivity index (χ4v) is 4.75. The molecule has 164 valence electrons. The Kier molecular flexibility index (Phi) is 6.13. The van der Waals surface area contributed by atoms with Crippen molar-refractivity contribution in [3.8, 4) is 11.5 Å². The number of hydrogen-bond acceptors (Lipinski definition) is 5. The number of hydrogen-bond donors (Lipinski definition) is 1. The lowest BCUT2D eigenvalue weighted by molar-refractivity contribution is -0.137. The molecule has 0 fully saturated rings. The zero-order chi connectivity index (χ0) is 22.3. The molecule has 0 aromatic heterocycles. The van der Waals surface area contributed by atoms with E-state index in [0.717, 1.165) is 6.07 Å². The number of ether oxygens (including phenoxy) is 2. The van der Waals surface area contributed by atoms with E-state index in [4.69, 9.17) is 21.1 Å². The predicted octanol–water partition coefficient (Wildman–Crippen LogP) is 4.03. The first-order valence-electron chi connectivity index (χ1n) is 8.82. The molecule has 0 amide bonds. The molecule has 0 spiro atoms. The molecule has 6 nitrogen and oxygen atoms in total. The van der Waals surface area contributed by atoms with Gasteiger partial charge in [0.2, 0.25) is 0 Å². The van der Waals surface area contributed by atoms with Gasteiger partial charge in [-0.05, 0) is 50.8 Å². The Hall–Kier alpha value is -2.17. The number of likely N-dealkylation sites (N-methyl/N-ethyl adjacent to an activating group) is 1. The quantitative estimate of drug-likeness (QED) is 0.723. The number of fused-ring (bicyclic) bond motifs is 1. The highest BCUT2D eigenvalue weighted by atomic mass is 35.5. The van der Waals surface area contributed by atoms with E-state index in [1.54, 1.807) is 6.07 Å². The Balaban J connectivity index is 1.98. The molecule has 0 saturated carbocycles. The second kappa shape index (κ2) is 8.16. The molecule has 0 aliphatic carbocycles. The molecule has 0 saturated heterocycles. The van der Waals surface area contributed by atoms with Crippen molar-refractivity contribution in [1.29, 1.82) is 0 Å². The van der Waals surface area contributed by atoms with E-state index in [1.807, 2.05) is 19.0 Å². The third-order valence-corrected chi connectivity index (χ3v) is 6.67. The fourth-order valence-electron chi connectivity index (χ4n) is 3.14. The first kappa shape index (κ1) is 22.5. The van der Waals surface area contributed by atoms with E-state index in [0.29, 0.717) is 42.2 Å². The maximum absolute atomic E-state index is 12.8. The summed E-state index contributed by atoms with van der Waals surface area (Å²) in [4.78, 5) is 1.52. The van der Waals surface area contributed by atoms with Crippen LogP contribution in [0.5, 0.6) is 11.5 Å². The van der Waals surface area contributed by atoms with Gasteiger partial charge in [-0.15, -0.1) is 0 Å². The van der Waals surface area contributed by atoms with Crippen molar-refractivity contribution >= 4 is 27.3 Å². The van der Waals surface area contributed by atoms with Gasteiger partial charge in [-0.3, -0.25) is 4.72 Å². The minimum atomic E-state index is -4.63. The largest absolute Gasteiger partial charge is 0.496 e. The van der Waals surface area contributed by atoms with Gasteiger partial charge >= 0.3 is 6.18 Å². The summed E-state index contributed by atoms with van der Waals surface area (Å²) in [6.07, 6.45) is -4.06. The summed E-state index contributed by atoms with van der Waals surface area (Å²) in [5.41, 5.74) is -0.188. The Morgan fingerprint density at radius 2 is 1.93 bits per heavy atom. The van der Waals surface area contributed by atoms with E-state index < -0.39 is 31.7 Å². The maximum atomic E-state index is 12.8. The van der Waals surface area contributed by atoms with Crippen LogP contribution in [0.25, 0.3) is 0 Å². The molecule has 1 atom stereocenters. The van der Waals surface area contributed by atoms with Crippen molar-refractivity contribution in [3.63, 3.8) is 0 Å². The first-order valence-corrected chi connectivity index (χ1v) is 10.7. The molecule has 11 heteroatoms. The molecule has 30 heavy (non-hydrogen) atoms. The van der Waals surface area contributed by atoms with Gasteiger partial charge in [-0.1, -0.05) is 11.6 Å². The maximum Gasteiger partial charge on any atom is 0.416 e. The van der Waals surface area contributed by atoms with Crippen LogP contribution in [0.2, 0.25) is 5.02 Å². The lowest BCUT2D eigenvalue weighted by Crippen LogP contribution is -2.38. The van der Waals surface area contributed by atoms with Crippen molar-refractivity contribution in [2.24, 2.45) is 0 Å². The van der Waals surface area contributed by atoms with E-state index in [1.165, 1.54) is 13.2 Å². The van der Waals surface area contributed by atoms with Crippen LogP contribution in [0.3, 0.4) is 0 Å². The van der Waals surface area contributed by atoms with Crippen LogP contribution in [0.4, 0.5) is 18.9 Å².